The second kappa shape index (κ2) is 6.02. The van der Waals surface area contributed by atoms with Gasteiger partial charge in [0, 0.05) is 12.6 Å². The summed E-state index contributed by atoms with van der Waals surface area (Å²) in [5, 5.41) is 10.2. The number of aliphatic hydroxyl groups is 1. The lowest BCUT2D eigenvalue weighted by Gasteiger charge is -2.32. The minimum absolute atomic E-state index is 0.0751. The Balaban J connectivity index is 1.83. The Morgan fingerprint density at radius 3 is 2.31 bits per heavy atom. The molecule has 0 aliphatic heterocycles. The van der Waals surface area contributed by atoms with Gasteiger partial charge in [0.05, 0.1) is 6.10 Å². The highest BCUT2D eigenvalue weighted by atomic mass is 16.3. The standard InChI is InChI=1S/C14H27NO/c1-15(11-12-7-5-6-8-12)13-9-3-2-4-10-14(13)16/h12-14,16H,2-11H2,1H3. The van der Waals surface area contributed by atoms with E-state index in [-0.39, 0.29) is 6.10 Å². The lowest BCUT2D eigenvalue weighted by molar-refractivity contribution is 0.0507. The van der Waals surface area contributed by atoms with Gasteiger partial charge in [-0.2, -0.15) is 0 Å². The van der Waals surface area contributed by atoms with Crippen LogP contribution in [0, 0.1) is 5.92 Å². The topological polar surface area (TPSA) is 23.5 Å². The summed E-state index contributed by atoms with van der Waals surface area (Å²) < 4.78 is 0. The fraction of sp³-hybridized carbons (Fsp3) is 1.00. The molecule has 2 nitrogen and oxygen atoms in total. The highest BCUT2D eigenvalue weighted by molar-refractivity contribution is 4.82. The minimum atomic E-state index is -0.0751. The SMILES string of the molecule is CN(CC1CCCC1)C1CCCCCC1O. The molecule has 2 atom stereocenters. The van der Waals surface area contributed by atoms with Crippen LogP contribution in [0.5, 0.6) is 0 Å². The monoisotopic (exact) mass is 225 g/mol. The number of hydrogen-bond acceptors (Lipinski definition) is 2. The summed E-state index contributed by atoms with van der Waals surface area (Å²) in [5.74, 6) is 0.903. The predicted octanol–water partition coefficient (Wildman–Crippen LogP) is 2.80. The van der Waals surface area contributed by atoms with E-state index in [4.69, 9.17) is 0 Å². The van der Waals surface area contributed by atoms with E-state index in [9.17, 15) is 5.11 Å². The fourth-order valence-electron chi connectivity index (χ4n) is 3.52. The zero-order chi connectivity index (χ0) is 11.4. The molecule has 0 aromatic rings. The van der Waals surface area contributed by atoms with Crippen molar-refractivity contribution in [3.8, 4) is 0 Å². The van der Waals surface area contributed by atoms with E-state index in [1.54, 1.807) is 0 Å². The summed E-state index contributed by atoms with van der Waals surface area (Å²) in [6, 6.07) is 0.433. The Hall–Kier alpha value is -0.0800. The first-order valence-electron chi connectivity index (χ1n) is 7.15. The van der Waals surface area contributed by atoms with Crippen molar-refractivity contribution < 1.29 is 5.11 Å². The molecule has 94 valence electrons. The van der Waals surface area contributed by atoms with Crippen LogP contribution < -0.4 is 0 Å². The van der Waals surface area contributed by atoms with Crippen LogP contribution in [0.15, 0.2) is 0 Å². The molecule has 2 saturated carbocycles. The molecule has 2 fully saturated rings. The maximum Gasteiger partial charge on any atom is 0.0695 e. The third kappa shape index (κ3) is 3.21. The molecule has 0 radical (unpaired) electrons. The third-order valence-electron chi connectivity index (χ3n) is 4.53. The Morgan fingerprint density at radius 2 is 1.56 bits per heavy atom. The Kier molecular flexibility index (Phi) is 4.66. The maximum absolute atomic E-state index is 10.2. The van der Waals surface area contributed by atoms with E-state index >= 15 is 0 Å². The summed E-state index contributed by atoms with van der Waals surface area (Å²) in [6.07, 6.45) is 11.6. The highest BCUT2D eigenvalue weighted by Gasteiger charge is 2.27. The van der Waals surface area contributed by atoms with E-state index in [0.29, 0.717) is 6.04 Å². The molecule has 16 heavy (non-hydrogen) atoms. The molecule has 1 N–H and O–H groups in total. The zero-order valence-corrected chi connectivity index (χ0v) is 10.7. The molecule has 0 spiro atoms. The average molecular weight is 225 g/mol. The van der Waals surface area contributed by atoms with Gasteiger partial charge in [0.1, 0.15) is 0 Å². The van der Waals surface area contributed by atoms with Crippen LogP contribution in [0.4, 0.5) is 0 Å². The van der Waals surface area contributed by atoms with Gasteiger partial charge in [-0.05, 0) is 38.6 Å². The van der Waals surface area contributed by atoms with Crippen LogP contribution in [0.1, 0.15) is 57.8 Å². The van der Waals surface area contributed by atoms with E-state index in [0.717, 1.165) is 12.3 Å². The van der Waals surface area contributed by atoms with Gasteiger partial charge in [0.25, 0.3) is 0 Å². The van der Waals surface area contributed by atoms with E-state index in [2.05, 4.69) is 11.9 Å². The Bertz CT molecular complexity index is 201. The van der Waals surface area contributed by atoms with Crippen LogP contribution >= 0.6 is 0 Å². The van der Waals surface area contributed by atoms with Crippen molar-refractivity contribution in [3.05, 3.63) is 0 Å². The number of hydrogen-bond donors (Lipinski definition) is 1. The Labute approximate surface area is 100 Å². The van der Waals surface area contributed by atoms with Crippen molar-refractivity contribution in [1.82, 2.24) is 4.90 Å². The van der Waals surface area contributed by atoms with Crippen LogP contribution in [0.2, 0.25) is 0 Å². The summed E-state index contributed by atoms with van der Waals surface area (Å²) in [6.45, 7) is 1.21. The van der Waals surface area contributed by atoms with Gasteiger partial charge >= 0.3 is 0 Å². The molecule has 2 aliphatic rings. The van der Waals surface area contributed by atoms with Gasteiger partial charge in [0.2, 0.25) is 0 Å². The smallest absolute Gasteiger partial charge is 0.0695 e. The van der Waals surface area contributed by atoms with Gasteiger partial charge in [-0.25, -0.2) is 0 Å². The van der Waals surface area contributed by atoms with Gasteiger partial charge in [-0.3, -0.25) is 0 Å². The van der Waals surface area contributed by atoms with Gasteiger partial charge < -0.3 is 10.0 Å². The molecule has 2 aliphatic carbocycles. The normalized spacial score (nSPS) is 33.2. The van der Waals surface area contributed by atoms with Crippen molar-refractivity contribution in [1.29, 1.82) is 0 Å². The van der Waals surface area contributed by atoms with Crippen molar-refractivity contribution in [3.63, 3.8) is 0 Å². The van der Waals surface area contributed by atoms with E-state index < -0.39 is 0 Å². The molecule has 0 heterocycles. The molecule has 2 heteroatoms. The Morgan fingerprint density at radius 1 is 0.938 bits per heavy atom. The summed E-state index contributed by atoms with van der Waals surface area (Å²) in [7, 11) is 2.22. The molecule has 0 aromatic carbocycles. The maximum atomic E-state index is 10.2. The summed E-state index contributed by atoms with van der Waals surface area (Å²) in [4.78, 5) is 2.45. The van der Waals surface area contributed by atoms with E-state index in [1.807, 2.05) is 0 Å². The fourth-order valence-corrected chi connectivity index (χ4v) is 3.52. The summed E-state index contributed by atoms with van der Waals surface area (Å²) >= 11 is 0. The number of likely N-dealkylation sites (N-methyl/N-ethyl adjacent to an activating group) is 1. The molecule has 0 aromatic heterocycles. The second-order valence-corrected chi connectivity index (χ2v) is 5.86. The molecular weight excluding hydrogens is 198 g/mol. The average Bonchev–Trinajstić information content (AvgIpc) is 2.66. The second-order valence-electron chi connectivity index (χ2n) is 5.86. The number of aliphatic hydroxyl groups excluding tert-OH is 1. The molecule has 0 saturated heterocycles. The first-order valence-corrected chi connectivity index (χ1v) is 7.15. The predicted molar refractivity (Wildman–Crippen MR) is 67.5 cm³/mol. The van der Waals surface area contributed by atoms with Crippen molar-refractivity contribution in [2.75, 3.05) is 13.6 Å². The van der Waals surface area contributed by atoms with Gasteiger partial charge in [0.15, 0.2) is 0 Å². The van der Waals surface area contributed by atoms with Crippen LogP contribution in [-0.2, 0) is 0 Å². The van der Waals surface area contributed by atoms with Crippen molar-refractivity contribution >= 4 is 0 Å². The number of nitrogens with zero attached hydrogens (tertiary/aromatic N) is 1. The minimum Gasteiger partial charge on any atom is -0.391 e. The molecule has 2 unspecified atom stereocenters. The summed E-state index contributed by atoms with van der Waals surface area (Å²) in [5.41, 5.74) is 0. The van der Waals surface area contributed by atoms with Crippen LogP contribution in [0.25, 0.3) is 0 Å². The molecule has 2 rings (SSSR count). The van der Waals surface area contributed by atoms with Crippen molar-refractivity contribution in [2.45, 2.75) is 69.9 Å². The first kappa shape index (κ1) is 12.4. The van der Waals surface area contributed by atoms with E-state index in [1.165, 1.54) is 57.9 Å². The van der Waals surface area contributed by atoms with Crippen LogP contribution in [-0.4, -0.2) is 35.7 Å². The van der Waals surface area contributed by atoms with Crippen LogP contribution in [0.3, 0.4) is 0 Å². The molecule has 0 amide bonds. The lowest BCUT2D eigenvalue weighted by atomic mass is 10.0. The molecule has 0 bridgehead atoms. The third-order valence-corrected chi connectivity index (χ3v) is 4.53. The molecular formula is C14H27NO. The lowest BCUT2D eigenvalue weighted by Crippen LogP contribution is -2.42. The van der Waals surface area contributed by atoms with Crippen molar-refractivity contribution in [2.24, 2.45) is 5.92 Å². The quantitative estimate of drug-likeness (QED) is 0.747. The van der Waals surface area contributed by atoms with Gasteiger partial charge in [-0.15, -0.1) is 0 Å². The number of rotatable bonds is 3. The highest BCUT2D eigenvalue weighted by Crippen LogP contribution is 2.28. The first-order chi connectivity index (χ1) is 7.77. The zero-order valence-electron chi connectivity index (χ0n) is 10.7. The van der Waals surface area contributed by atoms with Gasteiger partial charge in [-0.1, -0.05) is 32.1 Å². The largest absolute Gasteiger partial charge is 0.391 e.